The summed E-state index contributed by atoms with van der Waals surface area (Å²) in [7, 11) is 0. The molecule has 0 saturated heterocycles. The Morgan fingerprint density at radius 3 is 2.45 bits per heavy atom. The van der Waals surface area contributed by atoms with Gasteiger partial charge in [-0.3, -0.25) is 15.0 Å². The van der Waals surface area contributed by atoms with Crippen molar-refractivity contribution in [2.75, 3.05) is 5.32 Å². The molecule has 1 aliphatic heterocycles. The maximum Gasteiger partial charge on any atom is 0.273 e. The highest BCUT2D eigenvalue weighted by Crippen LogP contribution is 2.39. The highest BCUT2D eigenvalue weighted by molar-refractivity contribution is 6.33. The Morgan fingerprint density at radius 1 is 1.00 bits per heavy atom. The van der Waals surface area contributed by atoms with E-state index in [9.17, 15) is 19.8 Å². The lowest BCUT2D eigenvalue weighted by Gasteiger charge is -2.11. The Hall–Kier alpha value is -4.26. The molecule has 31 heavy (non-hydrogen) atoms. The summed E-state index contributed by atoms with van der Waals surface area (Å²) in [6.45, 7) is 4.05. The number of phenolic OH excluding ortho intramolecular Hbond substituents is 2. The molecule has 3 aromatic carbocycles. The van der Waals surface area contributed by atoms with Crippen molar-refractivity contribution in [2.45, 2.75) is 13.8 Å². The minimum Gasteiger partial charge on any atom is -0.508 e. The first kappa shape index (κ1) is 20.0. The van der Waals surface area contributed by atoms with Gasteiger partial charge >= 0.3 is 0 Å². The van der Waals surface area contributed by atoms with Gasteiger partial charge in [0, 0.05) is 23.5 Å². The number of benzene rings is 3. The molecule has 4 rings (SSSR count). The highest BCUT2D eigenvalue weighted by atomic mass is 16.3. The normalized spacial score (nSPS) is 13.6. The van der Waals surface area contributed by atoms with E-state index in [1.807, 2.05) is 32.0 Å². The molecule has 0 bridgehead atoms. The summed E-state index contributed by atoms with van der Waals surface area (Å²) in [4.78, 5) is 24.9. The number of phenols is 2. The molecule has 7 heteroatoms. The first-order valence-corrected chi connectivity index (χ1v) is 9.65. The zero-order chi connectivity index (χ0) is 22.1. The summed E-state index contributed by atoms with van der Waals surface area (Å²) in [6.07, 6.45) is 1.42. The smallest absolute Gasteiger partial charge is 0.273 e. The van der Waals surface area contributed by atoms with Gasteiger partial charge < -0.3 is 21.0 Å². The number of rotatable bonds is 4. The number of fused-ring (bicyclic) bond motifs is 1. The molecule has 0 spiro atoms. The summed E-state index contributed by atoms with van der Waals surface area (Å²) in [5, 5.41) is 22.0. The molecule has 156 valence electrons. The van der Waals surface area contributed by atoms with Crippen molar-refractivity contribution in [3.05, 3.63) is 83.1 Å². The van der Waals surface area contributed by atoms with Crippen LogP contribution in [0.25, 0.3) is 16.7 Å². The molecule has 1 aliphatic rings. The third-order valence-electron chi connectivity index (χ3n) is 4.99. The van der Waals surface area contributed by atoms with E-state index in [1.54, 1.807) is 0 Å². The van der Waals surface area contributed by atoms with Gasteiger partial charge in [0.05, 0.1) is 11.1 Å². The van der Waals surface area contributed by atoms with Crippen LogP contribution in [0.5, 0.6) is 11.5 Å². The largest absolute Gasteiger partial charge is 0.508 e. The summed E-state index contributed by atoms with van der Waals surface area (Å²) >= 11 is 0. The highest BCUT2D eigenvalue weighted by Gasteiger charge is 2.27. The van der Waals surface area contributed by atoms with Crippen LogP contribution in [0.2, 0.25) is 0 Å². The lowest BCUT2D eigenvalue weighted by Crippen LogP contribution is -2.34. The van der Waals surface area contributed by atoms with Crippen LogP contribution in [0, 0.1) is 13.8 Å². The first-order valence-electron chi connectivity index (χ1n) is 9.65. The van der Waals surface area contributed by atoms with Crippen LogP contribution in [0.3, 0.4) is 0 Å². The number of aromatic hydroxyl groups is 2. The third-order valence-corrected chi connectivity index (χ3v) is 4.99. The lowest BCUT2D eigenvalue weighted by atomic mass is 9.93. The number of nitrogens with one attached hydrogen (secondary N) is 3. The van der Waals surface area contributed by atoms with Crippen LogP contribution in [0.1, 0.15) is 27.0 Å². The molecule has 0 aliphatic carbocycles. The summed E-state index contributed by atoms with van der Waals surface area (Å²) in [5.41, 5.74) is 11.0. The standard InChI is InChI=1S/C24H21N3O4/c1-13-8-14(2)10-15(9-13)17-4-3-5-20-22(17)19(23(30)26-20)12-25-27-24(31)18-7-6-16(28)11-21(18)29/h3-12,25,28-29H,1-2H3,(H,26,30)(H,27,31). The van der Waals surface area contributed by atoms with Gasteiger partial charge in [-0.25, -0.2) is 0 Å². The maximum absolute atomic E-state index is 12.6. The molecule has 2 amide bonds. The molecule has 3 aromatic rings. The Morgan fingerprint density at radius 2 is 1.74 bits per heavy atom. The van der Waals surface area contributed by atoms with Crippen molar-refractivity contribution in [3.8, 4) is 22.6 Å². The topological polar surface area (TPSA) is 111 Å². The predicted octanol–water partition coefficient (Wildman–Crippen LogP) is 3.61. The van der Waals surface area contributed by atoms with Crippen molar-refractivity contribution in [1.29, 1.82) is 0 Å². The monoisotopic (exact) mass is 415 g/mol. The average Bonchev–Trinajstić information content (AvgIpc) is 3.02. The minimum absolute atomic E-state index is 0.0177. The third kappa shape index (κ3) is 3.93. The quantitative estimate of drug-likeness (QED) is 0.330. The van der Waals surface area contributed by atoms with Crippen molar-refractivity contribution >= 4 is 23.1 Å². The fourth-order valence-corrected chi connectivity index (χ4v) is 3.71. The molecule has 1 heterocycles. The van der Waals surface area contributed by atoms with Gasteiger partial charge in [-0.1, -0.05) is 41.5 Å². The van der Waals surface area contributed by atoms with E-state index in [0.717, 1.165) is 33.9 Å². The lowest BCUT2D eigenvalue weighted by molar-refractivity contribution is -0.110. The fourth-order valence-electron chi connectivity index (χ4n) is 3.71. The first-order chi connectivity index (χ1) is 14.8. The average molecular weight is 415 g/mol. The zero-order valence-electron chi connectivity index (χ0n) is 17.0. The number of hydrogen-bond donors (Lipinski definition) is 5. The molecule has 0 atom stereocenters. The maximum atomic E-state index is 12.6. The van der Waals surface area contributed by atoms with Crippen LogP contribution >= 0.6 is 0 Å². The summed E-state index contributed by atoms with van der Waals surface area (Å²) < 4.78 is 0. The number of hydrazine groups is 1. The van der Waals surface area contributed by atoms with Crippen molar-refractivity contribution < 1.29 is 19.8 Å². The second kappa shape index (κ2) is 7.87. The van der Waals surface area contributed by atoms with Crippen molar-refractivity contribution in [1.82, 2.24) is 10.9 Å². The van der Waals surface area contributed by atoms with E-state index < -0.39 is 5.91 Å². The number of hydrogen-bond acceptors (Lipinski definition) is 5. The van der Waals surface area contributed by atoms with Gasteiger partial charge in [0.25, 0.3) is 11.8 Å². The molecule has 0 radical (unpaired) electrons. The van der Waals surface area contributed by atoms with Crippen LogP contribution in [-0.2, 0) is 4.79 Å². The van der Waals surface area contributed by atoms with Gasteiger partial charge in [0.15, 0.2) is 0 Å². The second-order valence-electron chi connectivity index (χ2n) is 7.42. The van der Waals surface area contributed by atoms with E-state index in [2.05, 4.69) is 34.4 Å². The Bertz CT molecular complexity index is 1230. The molecule has 0 aromatic heterocycles. The van der Waals surface area contributed by atoms with E-state index in [0.29, 0.717) is 11.3 Å². The molecule has 5 N–H and O–H groups in total. The molecule has 0 fully saturated rings. The number of carbonyl (C=O) groups is 2. The molecule has 7 nitrogen and oxygen atoms in total. The van der Waals surface area contributed by atoms with Crippen LogP contribution < -0.4 is 16.2 Å². The zero-order valence-corrected chi connectivity index (χ0v) is 17.0. The molecule has 0 unspecified atom stereocenters. The Kier molecular flexibility index (Phi) is 5.09. The minimum atomic E-state index is -0.615. The van der Waals surface area contributed by atoms with E-state index >= 15 is 0 Å². The molecular weight excluding hydrogens is 394 g/mol. The number of amides is 2. The Balaban J connectivity index is 1.63. The van der Waals surface area contributed by atoms with Gasteiger partial charge in [0.2, 0.25) is 0 Å². The fraction of sp³-hybridized carbons (Fsp3) is 0.0833. The van der Waals surface area contributed by atoms with Crippen LogP contribution in [-0.4, -0.2) is 22.0 Å². The predicted molar refractivity (Wildman–Crippen MR) is 118 cm³/mol. The summed E-state index contributed by atoms with van der Waals surface area (Å²) in [6, 6.07) is 15.5. The van der Waals surface area contributed by atoms with Crippen molar-refractivity contribution in [3.63, 3.8) is 0 Å². The van der Waals surface area contributed by atoms with Gasteiger partial charge in [-0.05, 0) is 43.2 Å². The number of anilines is 1. The van der Waals surface area contributed by atoms with Gasteiger partial charge in [-0.2, -0.15) is 0 Å². The van der Waals surface area contributed by atoms with Gasteiger partial charge in [-0.15, -0.1) is 0 Å². The number of carbonyl (C=O) groups excluding carboxylic acids is 2. The number of aryl methyl sites for hydroxylation is 2. The van der Waals surface area contributed by atoms with Crippen LogP contribution in [0.4, 0.5) is 5.69 Å². The van der Waals surface area contributed by atoms with Gasteiger partial charge in [0.1, 0.15) is 11.5 Å². The Labute approximate surface area is 179 Å². The molecular formula is C24H21N3O4. The SMILES string of the molecule is Cc1cc(C)cc(-c2cccc3c2C(=CNNC(=O)c2ccc(O)cc2O)C(=O)N3)c1. The van der Waals surface area contributed by atoms with E-state index in [1.165, 1.54) is 18.3 Å². The summed E-state index contributed by atoms with van der Waals surface area (Å²) in [5.74, 6) is -1.41. The molecule has 0 saturated carbocycles. The van der Waals surface area contributed by atoms with E-state index in [4.69, 9.17) is 0 Å². The van der Waals surface area contributed by atoms with E-state index in [-0.39, 0.29) is 23.0 Å². The van der Waals surface area contributed by atoms with Crippen molar-refractivity contribution in [2.24, 2.45) is 0 Å². The second-order valence-corrected chi connectivity index (χ2v) is 7.42. The van der Waals surface area contributed by atoms with Crippen LogP contribution in [0.15, 0.2) is 60.8 Å².